The van der Waals surface area contributed by atoms with Gasteiger partial charge >= 0.3 is 5.97 Å². The van der Waals surface area contributed by atoms with Crippen LogP contribution in [0, 0.1) is 23.0 Å². The number of fused-ring (bicyclic) bond motifs is 2. The number of rotatable bonds is 5. The molecule has 0 saturated carbocycles. The number of phenolic OH excluding ortho intramolecular Hbond substituents is 1. The molecule has 9 heteroatoms. The van der Waals surface area contributed by atoms with Gasteiger partial charge in [0.1, 0.15) is 29.2 Å². The van der Waals surface area contributed by atoms with Crippen molar-refractivity contribution < 1.29 is 34.1 Å². The average molecular weight is 417 g/mol. The SMILES string of the molecule is COc1c(C(O)CC(C)C)ccc2c1C(=O)OCc1c(c(O)cc(C)c1[N+](=O)[O-])O2. The smallest absolute Gasteiger partial charge is 0.346 e. The number of ether oxygens (including phenoxy) is 3. The Morgan fingerprint density at radius 3 is 2.63 bits per heavy atom. The van der Waals surface area contributed by atoms with Crippen LogP contribution in [-0.2, 0) is 11.3 Å². The standard InChI is InChI=1S/C21H23NO8/c1-10(2)7-14(23)12-5-6-16-17(20(12)28-4)21(25)29-9-13-18(22(26)27)11(3)8-15(24)19(13)30-16/h5-6,8,10,14,23-24H,7,9H2,1-4H3. The van der Waals surface area contributed by atoms with E-state index in [0.29, 0.717) is 12.0 Å². The Bertz CT molecular complexity index is 1010. The number of carbonyl (C=O) groups excluding carboxylic acids is 1. The van der Waals surface area contributed by atoms with Crippen LogP contribution in [0.1, 0.15) is 53.4 Å². The minimum Gasteiger partial charge on any atom is -0.504 e. The van der Waals surface area contributed by atoms with Crippen molar-refractivity contribution in [2.24, 2.45) is 5.92 Å². The van der Waals surface area contributed by atoms with E-state index in [1.807, 2.05) is 13.8 Å². The molecule has 0 spiro atoms. The first-order valence-corrected chi connectivity index (χ1v) is 9.39. The zero-order chi connectivity index (χ0) is 22.2. The molecule has 0 amide bonds. The lowest BCUT2D eigenvalue weighted by atomic mass is 9.96. The zero-order valence-electron chi connectivity index (χ0n) is 17.1. The van der Waals surface area contributed by atoms with Crippen molar-refractivity contribution in [1.29, 1.82) is 0 Å². The number of esters is 1. The number of nitro benzene ring substituents is 1. The van der Waals surface area contributed by atoms with E-state index < -0.39 is 23.6 Å². The third-order valence-electron chi connectivity index (χ3n) is 4.87. The molecule has 3 rings (SSSR count). The molecular weight excluding hydrogens is 394 g/mol. The van der Waals surface area contributed by atoms with Crippen molar-refractivity contribution in [2.75, 3.05) is 7.11 Å². The highest BCUT2D eigenvalue weighted by Gasteiger charge is 2.33. The summed E-state index contributed by atoms with van der Waals surface area (Å²) < 4.78 is 16.5. The molecule has 2 N–H and O–H groups in total. The Morgan fingerprint density at radius 1 is 1.33 bits per heavy atom. The number of nitrogens with zero attached hydrogens (tertiary/aromatic N) is 1. The second-order valence-corrected chi connectivity index (χ2v) is 7.51. The zero-order valence-corrected chi connectivity index (χ0v) is 17.1. The van der Waals surface area contributed by atoms with E-state index in [4.69, 9.17) is 14.2 Å². The average Bonchev–Trinajstić information content (AvgIpc) is 2.65. The number of methoxy groups -OCH3 is 1. The maximum Gasteiger partial charge on any atom is 0.346 e. The number of aliphatic hydroxyl groups excluding tert-OH is 1. The van der Waals surface area contributed by atoms with Crippen LogP contribution in [0.4, 0.5) is 5.69 Å². The van der Waals surface area contributed by atoms with Gasteiger partial charge in [-0.05, 0) is 37.5 Å². The van der Waals surface area contributed by atoms with Gasteiger partial charge in [0, 0.05) is 11.1 Å². The highest BCUT2D eigenvalue weighted by Crippen LogP contribution is 2.46. The number of aliphatic hydroxyl groups is 1. The van der Waals surface area contributed by atoms with Gasteiger partial charge < -0.3 is 24.4 Å². The second kappa shape index (κ2) is 8.19. The summed E-state index contributed by atoms with van der Waals surface area (Å²) in [5.74, 6) is -1.02. The number of cyclic esters (lactones) is 1. The van der Waals surface area contributed by atoms with Crippen molar-refractivity contribution >= 4 is 11.7 Å². The largest absolute Gasteiger partial charge is 0.504 e. The Labute approximate surface area is 173 Å². The minimum absolute atomic E-state index is 0.00764. The number of phenols is 1. The first-order valence-electron chi connectivity index (χ1n) is 9.39. The van der Waals surface area contributed by atoms with Crippen LogP contribution in [0.2, 0.25) is 0 Å². The normalized spacial score (nSPS) is 14.0. The summed E-state index contributed by atoms with van der Waals surface area (Å²) in [6.07, 6.45) is -0.437. The van der Waals surface area contributed by atoms with Crippen molar-refractivity contribution in [1.82, 2.24) is 0 Å². The molecule has 0 radical (unpaired) electrons. The van der Waals surface area contributed by atoms with Gasteiger partial charge in [0.15, 0.2) is 11.5 Å². The molecule has 160 valence electrons. The lowest BCUT2D eigenvalue weighted by Crippen LogP contribution is -2.16. The van der Waals surface area contributed by atoms with Crippen molar-refractivity contribution in [2.45, 2.75) is 39.9 Å². The lowest BCUT2D eigenvalue weighted by Gasteiger charge is -2.23. The van der Waals surface area contributed by atoms with Crippen LogP contribution in [0.25, 0.3) is 0 Å². The van der Waals surface area contributed by atoms with Gasteiger partial charge in [0.25, 0.3) is 5.69 Å². The molecular formula is C21H23NO8. The van der Waals surface area contributed by atoms with Crippen LogP contribution in [0.5, 0.6) is 23.0 Å². The summed E-state index contributed by atoms with van der Waals surface area (Å²) in [5.41, 5.74) is 0.201. The van der Waals surface area contributed by atoms with Gasteiger partial charge in [-0.1, -0.05) is 13.8 Å². The van der Waals surface area contributed by atoms with Crippen molar-refractivity contribution in [3.05, 3.63) is 50.6 Å². The molecule has 1 aliphatic heterocycles. The number of aryl methyl sites for hydroxylation is 1. The maximum atomic E-state index is 12.8. The molecule has 30 heavy (non-hydrogen) atoms. The highest BCUT2D eigenvalue weighted by molar-refractivity contribution is 5.97. The van der Waals surface area contributed by atoms with Crippen LogP contribution in [0.3, 0.4) is 0 Å². The highest BCUT2D eigenvalue weighted by atomic mass is 16.6. The van der Waals surface area contributed by atoms with Gasteiger partial charge in [-0.3, -0.25) is 10.1 Å². The lowest BCUT2D eigenvalue weighted by molar-refractivity contribution is -0.386. The van der Waals surface area contributed by atoms with E-state index in [1.54, 1.807) is 6.07 Å². The Balaban J connectivity index is 2.20. The van der Waals surface area contributed by atoms with Crippen LogP contribution in [0.15, 0.2) is 18.2 Å². The Hall–Kier alpha value is -3.33. The topological polar surface area (TPSA) is 128 Å². The van der Waals surface area contributed by atoms with Gasteiger partial charge in [-0.15, -0.1) is 0 Å². The van der Waals surface area contributed by atoms with E-state index in [2.05, 4.69) is 0 Å². The minimum atomic E-state index is -0.882. The van der Waals surface area contributed by atoms with E-state index in [1.165, 1.54) is 26.2 Å². The summed E-state index contributed by atoms with van der Waals surface area (Å²) in [5, 5.41) is 32.4. The Kier molecular flexibility index (Phi) is 5.84. The van der Waals surface area contributed by atoms with Crippen molar-refractivity contribution in [3.63, 3.8) is 0 Å². The summed E-state index contributed by atoms with van der Waals surface area (Å²) in [7, 11) is 1.35. The fourth-order valence-electron chi connectivity index (χ4n) is 3.58. The third-order valence-corrected chi connectivity index (χ3v) is 4.87. The number of nitro groups is 1. The monoisotopic (exact) mass is 417 g/mol. The quantitative estimate of drug-likeness (QED) is 0.422. The van der Waals surface area contributed by atoms with Crippen molar-refractivity contribution in [3.8, 4) is 23.0 Å². The molecule has 0 fully saturated rings. The van der Waals surface area contributed by atoms with Crippen LogP contribution in [-0.4, -0.2) is 28.2 Å². The number of hydrogen-bond acceptors (Lipinski definition) is 8. The van der Waals surface area contributed by atoms with Gasteiger partial charge in [-0.25, -0.2) is 4.79 Å². The summed E-state index contributed by atoms with van der Waals surface area (Å²) >= 11 is 0. The van der Waals surface area contributed by atoms with E-state index in [9.17, 15) is 25.1 Å². The Morgan fingerprint density at radius 2 is 2.03 bits per heavy atom. The molecule has 2 aromatic carbocycles. The molecule has 0 aliphatic carbocycles. The predicted molar refractivity (Wildman–Crippen MR) is 106 cm³/mol. The molecule has 1 unspecified atom stereocenters. The van der Waals surface area contributed by atoms with E-state index >= 15 is 0 Å². The molecule has 1 aliphatic rings. The number of carbonyl (C=O) groups is 1. The molecule has 1 heterocycles. The summed E-state index contributed by atoms with van der Waals surface area (Å²) in [6, 6.07) is 4.22. The van der Waals surface area contributed by atoms with Gasteiger partial charge in [0.2, 0.25) is 0 Å². The van der Waals surface area contributed by atoms with Crippen LogP contribution >= 0.6 is 0 Å². The molecule has 0 saturated heterocycles. The van der Waals surface area contributed by atoms with E-state index in [-0.39, 0.29) is 51.3 Å². The number of aromatic hydroxyl groups is 1. The third kappa shape index (κ3) is 3.76. The first kappa shape index (κ1) is 21.4. The van der Waals surface area contributed by atoms with Gasteiger partial charge in [0.05, 0.1) is 18.1 Å². The molecule has 9 nitrogen and oxygen atoms in total. The maximum absolute atomic E-state index is 12.8. The summed E-state index contributed by atoms with van der Waals surface area (Å²) in [4.78, 5) is 23.7. The fraction of sp³-hybridized carbons (Fsp3) is 0.381. The van der Waals surface area contributed by atoms with Gasteiger partial charge in [-0.2, -0.15) is 0 Å². The first-order chi connectivity index (χ1) is 14.1. The fourth-order valence-corrected chi connectivity index (χ4v) is 3.58. The van der Waals surface area contributed by atoms with Crippen LogP contribution < -0.4 is 9.47 Å². The number of benzene rings is 2. The number of hydrogen-bond donors (Lipinski definition) is 2. The molecule has 0 aromatic heterocycles. The second-order valence-electron chi connectivity index (χ2n) is 7.51. The molecule has 2 aromatic rings. The molecule has 1 atom stereocenters. The van der Waals surface area contributed by atoms with E-state index in [0.717, 1.165) is 0 Å². The predicted octanol–water partition coefficient (Wildman–Crippen LogP) is 4.16. The summed E-state index contributed by atoms with van der Waals surface area (Å²) in [6.45, 7) is 4.91. The molecule has 0 bridgehead atoms.